The maximum absolute atomic E-state index is 13.1. The van der Waals surface area contributed by atoms with Gasteiger partial charge in [0.05, 0.1) is 10.2 Å². The average Bonchev–Trinajstić information content (AvgIpc) is 3.23. The summed E-state index contributed by atoms with van der Waals surface area (Å²) in [6.07, 6.45) is 0. The van der Waals surface area contributed by atoms with E-state index in [0.29, 0.717) is 16.4 Å². The molecule has 1 atom stereocenters. The van der Waals surface area contributed by atoms with E-state index >= 15 is 0 Å². The Morgan fingerprint density at radius 2 is 1.61 bits per heavy atom. The van der Waals surface area contributed by atoms with Gasteiger partial charge in [0.1, 0.15) is 17.5 Å². The van der Waals surface area contributed by atoms with E-state index in [4.69, 9.17) is 4.74 Å². The number of benzene rings is 3. The second kappa shape index (κ2) is 10.5. The quantitative estimate of drug-likeness (QED) is 0.293. The Morgan fingerprint density at radius 1 is 0.917 bits per heavy atom. The van der Waals surface area contributed by atoms with Gasteiger partial charge in [0, 0.05) is 11.6 Å². The largest absolute Gasteiger partial charge is 0.457 e. The number of amides is 2. The van der Waals surface area contributed by atoms with Crippen molar-refractivity contribution >= 4 is 38.5 Å². The second-order valence-corrected chi connectivity index (χ2v) is 11.1. The minimum atomic E-state index is -0.705. The molecule has 36 heavy (non-hydrogen) atoms. The smallest absolute Gasteiger partial charge is 0.251 e. The van der Waals surface area contributed by atoms with Gasteiger partial charge in [0.25, 0.3) is 5.91 Å². The number of aromatic nitrogens is 1. The van der Waals surface area contributed by atoms with Crippen molar-refractivity contribution in [3.63, 3.8) is 0 Å². The van der Waals surface area contributed by atoms with Crippen LogP contribution in [0, 0.1) is 5.92 Å². The molecular weight excluding hydrogens is 470 g/mol. The van der Waals surface area contributed by atoms with Gasteiger partial charge in [-0.2, -0.15) is 0 Å². The highest BCUT2D eigenvalue weighted by Crippen LogP contribution is 2.31. The summed E-state index contributed by atoms with van der Waals surface area (Å²) < 4.78 is 6.79. The lowest BCUT2D eigenvalue weighted by Gasteiger charge is -2.22. The molecule has 0 unspecified atom stereocenters. The molecule has 0 fully saturated rings. The summed E-state index contributed by atoms with van der Waals surface area (Å²) in [5, 5.41) is 6.24. The Hall–Kier alpha value is -3.71. The van der Waals surface area contributed by atoms with E-state index in [1.165, 1.54) is 11.3 Å². The van der Waals surface area contributed by atoms with Gasteiger partial charge in [-0.25, -0.2) is 4.98 Å². The number of fused-ring (bicyclic) bond motifs is 1. The molecule has 0 aliphatic heterocycles. The number of anilines is 1. The van der Waals surface area contributed by atoms with Crippen molar-refractivity contribution < 1.29 is 14.3 Å². The topological polar surface area (TPSA) is 80.3 Å². The molecule has 0 aliphatic rings. The number of carbonyl (C=O) groups excluding carboxylic acids is 2. The van der Waals surface area contributed by atoms with Crippen LogP contribution in [-0.2, 0) is 10.2 Å². The Balaban J connectivity index is 1.45. The zero-order valence-electron chi connectivity index (χ0n) is 21.2. The number of thiazole rings is 1. The fraction of sp³-hybridized carbons (Fsp3) is 0.276. The van der Waals surface area contributed by atoms with Gasteiger partial charge in [-0.05, 0) is 53.3 Å². The van der Waals surface area contributed by atoms with Crippen molar-refractivity contribution in [1.29, 1.82) is 0 Å². The third-order valence-corrected chi connectivity index (χ3v) is 6.75. The van der Waals surface area contributed by atoms with Crippen molar-refractivity contribution in [2.24, 2.45) is 5.92 Å². The van der Waals surface area contributed by atoms with Crippen LogP contribution in [0.4, 0.5) is 5.13 Å². The van der Waals surface area contributed by atoms with Crippen molar-refractivity contribution in [2.45, 2.75) is 46.1 Å². The first kappa shape index (κ1) is 25.4. The molecule has 186 valence electrons. The fourth-order valence-electron chi connectivity index (χ4n) is 3.71. The molecule has 2 N–H and O–H groups in total. The first-order valence-electron chi connectivity index (χ1n) is 12.0. The third kappa shape index (κ3) is 6.10. The Kier molecular flexibility index (Phi) is 7.40. The zero-order chi connectivity index (χ0) is 25.9. The van der Waals surface area contributed by atoms with E-state index in [1.807, 2.05) is 74.5 Å². The SMILES string of the molecule is CC(C)[C@@H](NC(=O)c1ccc(C(C)(C)C)cc1)C(=O)Nc1nc2ccc(Oc3ccccc3)cc2s1. The number of nitrogens with one attached hydrogen (secondary N) is 2. The van der Waals surface area contributed by atoms with Gasteiger partial charge in [-0.1, -0.05) is 76.3 Å². The van der Waals surface area contributed by atoms with E-state index in [1.54, 1.807) is 12.1 Å². The van der Waals surface area contributed by atoms with Crippen molar-refractivity contribution in [3.8, 4) is 11.5 Å². The van der Waals surface area contributed by atoms with Crippen LogP contribution in [-0.4, -0.2) is 22.8 Å². The summed E-state index contributed by atoms with van der Waals surface area (Å²) in [4.78, 5) is 30.5. The highest BCUT2D eigenvalue weighted by molar-refractivity contribution is 7.22. The molecule has 0 aliphatic carbocycles. The van der Waals surface area contributed by atoms with Crippen LogP contribution >= 0.6 is 11.3 Å². The highest BCUT2D eigenvalue weighted by Gasteiger charge is 2.26. The molecule has 7 heteroatoms. The van der Waals surface area contributed by atoms with E-state index in [9.17, 15) is 9.59 Å². The van der Waals surface area contributed by atoms with Crippen LogP contribution in [0.15, 0.2) is 72.8 Å². The van der Waals surface area contributed by atoms with Gasteiger partial charge in [0.15, 0.2) is 5.13 Å². The minimum Gasteiger partial charge on any atom is -0.457 e. The summed E-state index contributed by atoms with van der Waals surface area (Å²) in [6.45, 7) is 10.2. The molecule has 1 heterocycles. The molecule has 3 aromatic carbocycles. The van der Waals surface area contributed by atoms with Crippen molar-refractivity contribution in [2.75, 3.05) is 5.32 Å². The number of hydrogen-bond acceptors (Lipinski definition) is 5. The lowest BCUT2D eigenvalue weighted by molar-refractivity contribution is -0.118. The van der Waals surface area contributed by atoms with E-state index in [-0.39, 0.29) is 23.1 Å². The van der Waals surface area contributed by atoms with Crippen LogP contribution in [0.25, 0.3) is 10.2 Å². The lowest BCUT2D eigenvalue weighted by atomic mass is 9.86. The molecule has 0 saturated heterocycles. The number of hydrogen-bond donors (Lipinski definition) is 2. The number of carbonyl (C=O) groups is 2. The monoisotopic (exact) mass is 501 g/mol. The van der Waals surface area contributed by atoms with Crippen LogP contribution in [0.2, 0.25) is 0 Å². The Labute approximate surface area is 215 Å². The fourth-order valence-corrected chi connectivity index (χ4v) is 4.61. The standard InChI is InChI=1S/C29H31N3O3S/c1-18(2)25(31-26(33)19-11-13-20(14-12-19)29(3,4)5)27(34)32-28-30-23-16-15-22(17-24(23)36-28)35-21-9-7-6-8-10-21/h6-18,25H,1-5H3,(H,31,33)(H,30,32,34)/t25-/m1/s1. The minimum absolute atomic E-state index is 0.00104. The molecule has 6 nitrogen and oxygen atoms in total. The average molecular weight is 502 g/mol. The summed E-state index contributed by atoms with van der Waals surface area (Å²) in [5.41, 5.74) is 2.43. The molecular formula is C29H31N3O3S. The summed E-state index contributed by atoms with van der Waals surface area (Å²) in [6, 6.07) is 22.0. The number of para-hydroxylation sites is 1. The summed E-state index contributed by atoms with van der Waals surface area (Å²) in [5.74, 6) is 0.752. The zero-order valence-corrected chi connectivity index (χ0v) is 22.0. The molecule has 0 radical (unpaired) electrons. The lowest BCUT2D eigenvalue weighted by Crippen LogP contribution is -2.47. The highest BCUT2D eigenvalue weighted by atomic mass is 32.1. The molecule has 0 bridgehead atoms. The third-order valence-electron chi connectivity index (χ3n) is 5.82. The van der Waals surface area contributed by atoms with E-state index < -0.39 is 6.04 Å². The Morgan fingerprint density at radius 3 is 2.25 bits per heavy atom. The normalized spacial score (nSPS) is 12.4. The van der Waals surface area contributed by atoms with Crippen molar-refractivity contribution in [3.05, 3.63) is 83.9 Å². The van der Waals surface area contributed by atoms with E-state index in [0.717, 1.165) is 21.5 Å². The van der Waals surface area contributed by atoms with Crippen LogP contribution in [0.5, 0.6) is 11.5 Å². The van der Waals surface area contributed by atoms with E-state index in [2.05, 4.69) is 36.4 Å². The van der Waals surface area contributed by atoms with Gasteiger partial charge >= 0.3 is 0 Å². The number of ether oxygens (including phenoxy) is 1. The molecule has 0 saturated carbocycles. The second-order valence-electron chi connectivity index (χ2n) is 10.1. The molecule has 0 spiro atoms. The predicted molar refractivity (Wildman–Crippen MR) is 146 cm³/mol. The van der Waals surface area contributed by atoms with Gasteiger partial charge in [-0.3, -0.25) is 9.59 Å². The molecule has 2 amide bonds. The van der Waals surface area contributed by atoms with Crippen molar-refractivity contribution in [1.82, 2.24) is 10.3 Å². The maximum Gasteiger partial charge on any atom is 0.251 e. The summed E-state index contributed by atoms with van der Waals surface area (Å²) >= 11 is 1.36. The maximum atomic E-state index is 13.1. The first-order valence-corrected chi connectivity index (χ1v) is 12.8. The van der Waals surface area contributed by atoms with Gasteiger partial charge in [0.2, 0.25) is 5.91 Å². The summed E-state index contributed by atoms with van der Waals surface area (Å²) in [7, 11) is 0. The predicted octanol–water partition coefficient (Wildman–Crippen LogP) is 6.78. The Bertz CT molecular complexity index is 1360. The number of rotatable bonds is 7. The first-order chi connectivity index (χ1) is 17.1. The van der Waals surface area contributed by atoms with Gasteiger partial charge < -0.3 is 15.4 Å². The molecule has 4 rings (SSSR count). The van der Waals surface area contributed by atoms with Crippen LogP contribution in [0.3, 0.4) is 0 Å². The van der Waals surface area contributed by atoms with Gasteiger partial charge in [-0.15, -0.1) is 0 Å². The number of nitrogens with zero attached hydrogens (tertiary/aromatic N) is 1. The molecule has 4 aromatic rings. The van der Waals surface area contributed by atoms with Crippen LogP contribution < -0.4 is 15.4 Å². The van der Waals surface area contributed by atoms with Crippen LogP contribution in [0.1, 0.15) is 50.5 Å². The molecule has 1 aromatic heterocycles.